The van der Waals surface area contributed by atoms with Gasteiger partial charge in [0, 0.05) is 34.7 Å². The van der Waals surface area contributed by atoms with Crippen LogP contribution < -0.4 is 4.90 Å². The van der Waals surface area contributed by atoms with E-state index in [1.165, 1.54) is 43.8 Å². The van der Waals surface area contributed by atoms with Crippen molar-refractivity contribution in [1.82, 2.24) is 4.98 Å². The van der Waals surface area contributed by atoms with Crippen LogP contribution in [0.3, 0.4) is 0 Å². The SMILES string of the molecule is c1ccc(-c2ccc(N(c3ccc(-c4cc5ccccc5c5ccccc45)cc3)c3ccc4c(c3)oc3cccnc34)cc2)cc1. The van der Waals surface area contributed by atoms with Gasteiger partial charge in [-0.25, -0.2) is 0 Å². The Morgan fingerprint density at radius 1 is 0.413 bits per heavy atom. The lowest BCUT2D eigenvalue weighted by Crippen LogP contribution is -2.09. The predicted octanol–water partition coefficient (Wildman–Crippen LogP) is 12.1. The van der Waals surface area contributed by atoms with Crippen molar-refractivity contribution < 1.29 is 4.42 Å². The van der Waals surface area contributed by atoms with E-state index in [1.807, 2.05) is 24.4 Å². The van der Waals surface area contributed by atoms with Crippen molar-refractivity contribution >= 4 is 60.7 Å². The first-order valence-corrected chi connectivity index (χ1v) is 15.5. The van der Waals surface area contributed by atoms with E-state index in [2.05, 4.69) is 155 Å². The molecule has 2 aromatic heterocycles. The smallest absolute Gasteiger partial charge is 0.153 e. The van der Waals surface area contributed by atoms with Crippen molar-refractivity contribution in [3.05, 3.63) is 170 Å². The van der Waals surface area contributed by atoms with Crippen molar-refractivity contribution in [1.29, 1.82) is 0 Å². The van der Waals surface area contributed by atoms with E-state index in [4.69, 9.17) is 4.42 Å². The largest absolute Gasteiger partial charge is 0.454 e. The molecule has 3 heteroatoms. The molecule has 9 aromatic rings. The van der Waals surface area contributed by atoms with Crippen LogP contribution in [0, 0.1) is 0 Å². The number of fused-ring (bicyclic) bond motifs is 6. The minimum Gasteiger partial charge on any atom is -0.454 e. The number of hydrogen-bond acceptors (Lipinski definition) is 3. The zero-order valence-corrected chi connectivity index (χ0v) is 25.0. The van der Waals surface area contributed by atoms with Crippen LogP contribution in [0.5, 0.6) is 0 Å². The van der Waals surface area contributed by atoms with Crippen molar-refractivity contribution in [2.75, 3.05) is 4.90 Å². The van der Waals surface area contributed by atoms with Gasteiger partial charge in [-0.2, -0.15) is 0 Å². The number of furan rings is 1. The topological polar surface area (TPSA) is 29.3 Å². The lowest BCUT2D eigenvalue weighted by Gasteiger charge is -2.26. The molecule has 0 unspecified atom stereocenters. The van der Waals surface area contributed by atoms with Gasteiger partial charge in [0.15, 0.2) is 5.58 Å². The molecule has 0 fully saturated rings. The molecule has 0 saturated carbocycles. The first-order chi connectivity index (χ1) is 22.8. The Bertz CT molecular complexity index is 2510. The van der Waals surface area contributed by atoms with E-state index in [1.54, 1.807) is 0 Å². The third-order valence-corrected chi connectivity index (χ3v) is 8.91. The fraction of sp³-hybridized carbons (Fsp3) is 0. The summed E-state index contributed by atoms with van der Waals surface area (Å²) in [5, 5.41) is 6.06. The number of aromatic nitrogens is 1. The Balaban J connectivity index is 1.18. The van der Waals surface area contributed by atoms with Gasteiger partial charge in [0.1, 0.15) is 11.1 Å². The summed E-state index contributed by atoms with van der Waals surface area (Å²) in [7, 11) is 0. The monoisotopic (exact) mass is 588 g/mol. The van der Waals surface area contributed by atoms with E-state index >= 15 is 0 Å². The quantitative estimate of drug-likeness (QED) is 0.187. The number of nitrogens with zero attached hydrogens (tertiary/aromatic N) is 2. The highest BCUT2D eigenvalue weighted by Gasteiger charge is 2.17. The van der Waals surface area contributed by atoms with Gasteiger partial charge in [0.25, 0.3) is 0 Å². The Hall–Kier alpha value is -6.19. The van der Waals surface area contributed by atoms with Crippen LogP contribution in [0.1, 0.15) is 0 Å². The second-order valence-corrected chi connectivity index (χ2v) is 11.6. The van der Waals surface area contributed by atoms with Crippen molar-refractivity contribution in [3.63, 3.8) is 0 Å². The first kappa shape index (κ1) is 26.2. The highest BCUT2D eigenvalue weighted by atomic mass is 16.3. The van der Waals surface area contributed by atoms with E-state index in [9.17, 15) is 0 Å². The van der Waals surface area contributed by atoms with Gasteiger partial charge in [0.2, 0.25) is 0 Å². The van der Waals surface area contributed by atoms with E-state index in [0.29, 0.717) is 0 Å². The van der Waals surface area contributed by atoms with Gasteiger partial charge < -0.3 is 9.32 Å². The molecule has 0 saturated heterocycles. The predicted molar refractivity (Wildman–Crippen MR) is 192 cm³/mol. The Morgan fingerprint density at radius 3 is 1.83 bits per heavy atom. The lowest BCUT2D eigenvalue weighted by molar-refractivity contribution is 0.668. The van der Waals surface area contributed by atoms with Gasteiger partial charge in [-0.1, -0.05) is 103 Å². The van der Waals surface area contributed by atoms with Crippen LogP contribution in [0.2, 0.25) is 0 Å². The zero-order chi connectivity index (χ0) is 30.5. The highest BCUT2D eigenvalue weighted by Crippen LogP contribution is 2.41. The Kier molecular flexibility index (Phi) is 6.14. The molecule has 0 aliphatic heterocycles. The number of rotatable bonds is 5. The number of benzene rings is 7. The molecule has 0 amide bonds. The van der Waals surface area contributed by atoms with Gasteiger partial charge in [0.05, 0.1) is 0 Å². The van der Waals surface area contributed by atoms with Crippen LogP contribution >= 0.6 is 0 Å². The maximum atomic E-state index is 6.26. The normalized spacial score (nSPS) is 11.5. The molecule has 3 nitrogen and oxygen atoms in total. The van der Waals surface area contributed by atoms with Gasteiger partial charge >= 0.3 is 0 Å². The number of hydrogen-bond donors (Lipinski definition) is 0. The average molecular weight is 589 g/mol. The zero-order valence-electron chi connectivity index (χ0n) is 25.0. The second kappa shape index (κ2) is 10.8. The molecule has 0 radical (unpaired) electrons. The van der Waals surface area contributed by atoms with Crippen molar-refractivity contribution in [2.24, 2.45) is 0 Å². The summed E-state index contributed by atoms with van der Waals surface area (Å²) >= 11 is 0. The molecule has 0 N–H and O–H groups in total. The highest BCUT2D eigenvalue weighted by molar-refractivity contribution is 6.13. The van der Waals surface area contributed by atoms with E-state index < -0.39 is 0 Å². The van der Waals surface area contributed by atoms with Crippen LogP contribution in [0.25, 0.3) is 65.9 Å². The van der Waals surface area contributed by atoms with Crippen molar-refractivity contribution in [2.45, 2.75) is 0 Å². The summed E-state index contributed by atoms with van der Waals surface area (Å²) in [6.45, 7) is 0. The number of pyridine rings is 1. The standard InChI is InChI=1S/C43H28N2O/c1-2-9-29(10-3-1)30-16-20-33(21-17-30)45(35-24-25-39-42(28-35)46-41-15-8-26-44-43(39)41)34-22-18-31(19-23-34)40-27-32-11-4-5-12-36(32)37-13-6-7-14-38(37)40/h1-28H. The molecule has 7 aromatic carbocycles. The second-order valence-electron chi connectivity index (χ2n) is 11.6. The summed E-state index contributed by atoms with van der Waals surface area (Å²) in [4.78, 5) is 6.86. The fourth-order valence-electron chi connectivity index (χ4n) is 6.69. The fourth-order valence-corrected chi connectivity index (χ4v) is 6.69. The molecule has 0 spiro atoms. The van der Waals surface area contributed by atoms with Gasteiger partial charge in [-0.15, -0.1) is 0 Å². The van der Waals surface area contributed by atoms with E-state index in [-0.39, 0.29) is 0 Å². The molecule has 216 valence electrons. The minimum atomic E-state index is 0.792. The van der Waals surface area contributed by atoms with E-state index in [0.717, 1.165) is 39.1 Å². The van der Waals surface area contributed by atoms with Crippen molar-refractivity contribution in [3.8, 4) is 22.3 Å². The van der Waals surface area contributed by atoms with Gasteiger partial charge in [-0.05, 0) is 98.4 Å². The molecule has 0 bridgehead atoms. The minimum absolute atomic E-state index is 0.792. The molecule has 0 aliphatic carbocycles. The molecule has 0 atom stereocenters. The third kappa shape index (κ3) is 4.41. The van der Waals surface area contributed by atoms with Crippen LogP contribution in [-0.4, -0.2) is 4.98 Å². The average Bonchev–Trinajstić information content (AvgIpc) is 3.50. The lowest BCUT2D eigenvalue weighted by atomic mass is 9.93. The summed E-state index contributed by atoms with van der Waals surface area (Å²) in [5.74, 6) is 0. The van der Waals surface area contributed by atoms with Crippen LogP contribution in [0.15, 0.2) is 174 Å². The summed E-state index contributed by atoms with van der Waals surface area (Å²) in [6.07, 6.45) is 1.81. The first-order valence-electron chi connectivity index (χ1n) is 15.5. The Labute approximate surface area is 266 Å². The van der Waals surface area contributed by atoms with Gasteiger partial charge in [-0.3, -0.25) is 4.98 Å². The maximum Gasteiger partial charge on any atom is 0.153 e. The molecule has 9 rings (SSSR count). The van der Waals surface area contributed by atoms with Crippen LogP contribution in [-0.2, 0) is 0 Å². The van der Waals surface area contributed by atoms with Crippen LogP contribution in [0.4, 0.5) is 17.1 Å². The Morgan fingerprint density at radius 2 is 1.04 bits per heavy atom. The summed E-state index contributed by atoms with van der Waals surface area (Å²) in [5.41, 5.74) is 10.4. The summed E-state index contributed by atoms with van der Waals surface area (Å²) in [6, 6.07) is 58.1. The molecular formula is C43H28N2O. The maximum absolute atomic E-state index is 6.26. The molecule has 0 aliphatic rings. The molecule has 46 heavy (non-hydrogen) atoms. The molecule has 2 heterocycles. The number of anilines is 3. The third-order valence-electron chi connectivity index (χ3n) is 8.91. The molecular weight excluding hydrogens is 560 g/mol. The summed E-state index contributed by atoms with van der Waals surface area (Å²) < 4.78 is 6.26.